The molecule has 3 aliphatic rings. The highest BCUT2D eigenvalue weighted by molar-refractivity contribution is 6.06. The molecule has 0 unspecified atom stereocenters. The number of aromatic nitrogens is 3. The van der Waals surface area contributed by atoms with Crippen LogP contribution in [0.3, 0.4) is 0 Å². The highest BCUT2D eigenvalue weighted by Gasteiger charge is 2.26. The van der Waals surface area contributed by atoms with E-state index < -0.39 is 0 Å². The van der Waals surface area contributed by atoms with E-state index in [1.54, 1.807) is 6.20 Å². The zero-order valence-electron chi connectivity index (χ0n) is 20.5. The van der Waals surface area contributed by atoms with Gasteiger partial charge < -0.3 is 5.32 Å². The van der Waals surface area contributed by atoms with Gasteiger partial charge in [0.2, 0.25) is 0 Å². The summed E-state index contributed by atoms with van der Waals surface area (Å²) in [6.07, 6.45) is 14.5. The predicted octanol–water partition coefficient (Wildman–Crippen LogP) is 4.71. The minimum atomic E-state index is 0.0292. The summed E-state index contributed by atoms with van der Waals surface area (Å²) in [6.45, 7) is 3.25. The van der Waals surface area contributed by atoms with Crippen LogP contribution >= 0.6 is 0 Å². The van der Waals surface area contributed by atoms with E-state index in [0.29, 0.717) is 0 Å². The van der Waals surface area contributed by atoms with Crippen LogP contribution in [0.15, 0.2) is 42.7 Å². The maximum atomic E-state index is 13.0. The van der Waals surface area contributed by atoms with Crippen molar-refractivity contribution in [3.63, 3.8) is 0 Å². The molecule has 6 rings (SSSR count). The Balaban J connectivity index is 0.960. The normalized spacial score (nSPS) is 22.6. The number of pyridine rings is 1. The van der Waals surface area contributed by atoms with Crippen molar-refractivity contribution in [2.75, 3.05) is 13.1 Å². The van der Waals surface area contributed by atoms with Crippen molar-refractivity contribution in [3.05, 3.63) is 65.4 Å². The zero-order valence-corrected chi connectivity index (χ0v) is 20.5. The Kier molecular flexibility index (Phi) is 6.47. The largest absolute Gasteiger partial charge is 0.349 e. The van der Waals surface area contributed by atoms with Gasteiger partial charge in [-0.1, -0.05) is 12.1 Å². The lowest BCUT2D eigenvalue weighted by Gasteiger charge is -2.32. The molecule has 2 aliphatic carbocycles. The summed E-state index contributed by atoms with van der Waals surface area (Å²) in [7, 11) is 0. The van der Waals surface area contributed by atoms with Gasteiger partial charge in [-0.05, 0) is 81.5 Å². The van der Waals surface area contributed by atoms with E-state index in [1.165, 1.54) is 43.4 Å². The lowest BCUT2D eigenvalue weighted by molar-refractivity contribution is 0.0921. The van der Waals surface area contributed by atoms with Crippen molar-refractivity contribution in [3.8, 4) is 0 Å². The van der Waals surface area contributed by atoms with Crippen molar-refractivity contribution in [1.82, 2.24) is 25.2 Å². The lowest BCUT2D eigenvalue weighted by Crippen LogP contribution is -2.38. The minimum Gasteiger partial charge on any atom is -0.349 e. The number of nitrogens with one attached hydrogen (secondary N) is 1. The van der Waals surface area contributed by atoms with Gasteiger partial charge in [-0.3, -0.25) is 14.7 Å². The summed E-state index contributed by atoms with van der Waals surface area (Å²) in [5.41, 5.74) is 4.21. The average Bonchev–Trinajstić information content (AvgIpc) is 3.72. The Morgan fingerprint density at radius 2 is 1.86 bits per heavy atom. The number of carbonyl (C=O) groups excluding carboxylic acids is 1. The second kappa shape index (κ2) is 10.0. The number of rotatable bonds is 7. The average molecular weight is 470 g/mol. The van der Waals surface area contributed by atoms with Crippen LogP contribution < -0.4 is 5.32 Å². The number of amides is 1. The molecule has 1 amide bonds. The fourth-order valence-electron chi connectivity index (χ4n) is 5.81. The van der Waals surface area contributed by atoms with Gasteiger partial charge >= 0.3 is 0 Å². The van der Waals surface area contributed by atoms with Gasteiger partial charge in [0.1, 0.15) is 5.82 Å². The van der Waals surface area contributed by atoms with Crippen LogP contribution in [-0.4, -0.2) is 44.9 Å². The molecule has 0 spiro atoms. The van der Waals surface area contributed by atoms with Crippen LogP contribution in [0.5, 0.6) is 0 Å². The van der Waals surface area contributed by atoms with Crippen molar-refractivity contribution >= 4 is 16.8 Å². The van der Waals surface area contributed by atoms with Gasteiger partial charge in [-0.15, -0.1) is 0 Å². The van der Waals surface area contributed by atoms with Gasteiger partial charge in [-0.2, -0.15) is 0 Å². The number of carbonyl (C=O) groups is 1. The maximum Gasteiger partial charge on any atom is 0.252 e. The molecule has 0 saturated heterocycles. The monoisotopic (exact) mass is 469 g/mol. The van der Waals surface area contributed by atoms with Crippen molar-refractivity contribution in [2.24, 2.45) is 11.8 Å². The van der Waals surface area contributed by atoms with Crippen LogP contribution in [-0.2, 0) is 19.4 Å². The quantitative estimate of drug-likeness (QED) is 0.542. The molecule has 0 bridgehead atoms. The van der Waals surface area contributed by atoms with Crippen LogP contribution in [0, 0.1) is 11.8 Å². The number of fused-ring (bicyclic) bond motifs is 2. The van der Waals surface area contributed by atoms with E-state index in [-0.39, 0.29) is 11.9 Å². The number of hydrogen-bond acceptors (Lipinski definition) is 5. The first kappa shape index (κ1) is 22.6. The van der Waals surface area contributed by atoms with E-state index in [2.05, 4.69) is 26.4 Å². The molecule has 6 nitrogen and oxygen atoms in total. The number of nitrogens with zero attached hydrogens (tertiary/aromatic N) is 4. The first-order valence-corrected chi connectivity index (χ1v) is 13.4. The van der Waals surface area contributed by atoms with E-state index >= 15 is 0 Å². The molecule has 2 saturated carbocycles. The summed E-state index contributed by atoms with van der Waals surface area (Å²) in [6, 6.07) is 9.92. The smallest absolute Gasteiger partial charge is 0.252 e. The molecular formula is C29H35N5O. The van der Waals surface area contributed by atoms with Gasteiger partial charge in [0.25, 0.3) is 5.91 Å². The highest BCUT2D eigenvalue weighted by Crippen LogP contribution is 2.32. The minimum absolute atomic E-state index is 0.0292. The number of benzene rings is 1. The number of hydrogen-bond donors (Lipinski definition) is 1. The SMILES string of the molecule is O=C(N[C@H]1CC[C@H](CCN2CCc3nc(CC4CC4)ncc3C2)CC1)c1cccc2ncccc12. The summed E-state index contributed by atoms with van der Waals surface area (Å²) < 4.78 is 0. The van der Waals surface area contributed by atoms with Gasteiger partial charge in [0.05, 0.1) is 5.52 Å². The Morgan fingerprint density at radius 3 is 2.71 bits per heavy atom. The molecule has 35 heavy (non-hydrogen) atoms. The molecule has 0 atom stereocenters. The second-order valence-corrected chi connectivity index (χ2v) is 10.8. The molecule has 1 aromatic carbocycles. The highest BCUT2D eigenvalue weighted by atomic mass is 16.1. The third-order valence-electron chi connectivity index (χ3n) is 8.16. The molecule has 2 aromatic heterocycles. The fourth-order valence-corrected chi connectivity index (χ4v) is 5.81. The van der Waals surface area contributed by atoms with Crippen molar-refractivity contribution in [2.45, 2.75) is 70.4 Å². The Bertz CT molecular complexity index is 1190. The van der Waals surface area contributed by atoms with Crippen molar-refractivity contribution in [1.29, 1.82) is 0 Å². The van der Waals surface area contributed by atoms with Gasteiger partial charge in [0, 0.05) is 66.6 Å². The molecule has 182 valence electrons. The van der Waals surface area contributed by atoms with E-state index in [4.69, 9.17) is 4.98 Å². The maximum absolute atomic E-state index is 13.0. The fraction of sp³-hybridized carbons (Fsp3) is 0.517. The summed E-state index contributed by atoms with van der Waals surface area (Å²) in [4.78, 5) is 29.4. The molecule has 1 aliphatic heterocycles. The van der Waals surface area contributed by atoms with Crippen LogP contribution in [0.1, 0.15) is 72.4 Å². The first-order valence-electron chi connectivity index (χ1n) is 13.4. The van der Waals surface area contributed by atoms with Crippen LogP contribution in [0.2, 0.25) is 0 Å². The van der Waals surface area contributed by atoms with Crippen LogP contribution in [0.4, 0.5) is 0 Å². The third-order valence-corrected chi connectivity index (χ3v) is 8.16. The van der Waals surface area contributed by atoms with Crippen LogP contribution in [0.25, 0.3) is 10.9 Å². The van der Waals surface area contributed by atoms with E-state index in [1.807, 2.05) is 30.3 Å². The summed E-state index contributed by atoms with van der Waals surface area (Å²) in [5.74, 6) is 2.68. The molecule has 2 fully saturated rings. The van der Waals surface area contributed by atoms with Crippen molar-refractivity contribution < 1.29 is 4.79 Å². The molecule has 1 N–H and O–H groups in total. The summed E-state index contributed by atoms with van der Waals surface area (Å²) in [5, 5.41) is 4.22. The Morgan fingerprint density at radius 1 is 1.00 bits per heavy atom. The second-order valence-electron chi connectivity index (χ2n) is 10.8. The van der Waals surface area contributed by atoms with E-state index in [9.17, 15) is 4.79 Å². The summed E-state index contributed by atoms with van der Waals surface area (Å²) >= 11 is 0. The predicted molar refractivity (Wildman–Crippen MR) is 137 cm³/mol. The topological polar surface area (TPSA) is 71.0 Å². The Labute approximate surface area is 207 Å². The lowest BCUT2D eigenvalue weighted by atomic mass is 9.83. The first-order chi connectivity index (χ1) is 17.2. The molecule has 3 aromatic rings. The molecule has 6 heteroatoms. The molecular weight excluding hydrogens is 434 g/mol. The Hall–Kier alpha value is -2.86. The van der Waals surface area contributed by atoms with Gasteiger partial charge in [0.15, 0.2) is 0 Å². The van der Waals surface area contributed by atoms with Gasteiger partial charge in [-0.25, -0.2) is 9.97 Å². The molecule has 0 radical (unpaired) electrons. The van der Waals surface area contributed by atoms with E-state index in [0.717, 1.165) is 79.4 Å². The zero-order chi connectivity index (χ0) is 23.6. The third kappa shape index (κ3) is 5.37. The standard InChI is InChI=1S/C29H35N5O/c35-29(25-3-1-5-27-24(25)4-2-14-30-27)32-23-10-8-20(9-11-23)12-15-34-16-13-26-22(19-34)18-31-28(33-26)17-21-6-7-21/h1-5,14,18,20-21,23H,6-13,15-17,19H2,(H,32,35)/t20-,23-. The molecule has 3 heterocycles.